The average molecular weight is 268 g/mol. The van der Waals surface area contributed by atoms with Crippen LogP contribution in [-0.4, -0.2) is 5.11 Å². The molecular formula is C19H24O. The SMILES string of the molecule is Cc1cc(C)cc(CC(C)(O)c2ccc(C)c(C)c2)c1. The Labute approximate surface area is 122 Å². The molecule has 1 N–H and O–H groups in total. The van der Waals surface area contributed by atoms with Gasteiger partial charge >= 0.3 is 0 Å². The maximum absolute atomic E-state index is 10.8. The molecule has 1 heteroatoms. The normalized spacial score (nSPS) is 14.1. The topological polar surface area (TPSA) is 20.2 Å². The summed E-state index contributed by atoms with van der Waals surface area (Å²) in [6.45, 7) is 10.3. The van der Waals surface area contributed by atoms with Crippen LogP contribution in [0.2, 0.25) is 0 Å². The molecule has 0 spiro atoms. The lowest BCUT2D eigenvalue weighted by Gasteiger charge is -2.25. The highest BCUT2D eigenvalue weighted by molar-refractivity contribution is 5.35. The van der Waals surface area contributed by atoms with Crippen molar-refractivity contribution >= 4 is 0 Å². The minimum atomic E-state index is -0.835. The third kappa shape index (κ3) is 3.29. The van der Waals surface area contributed by atoms with Gasteiger partial charge in [0.25, 0.3) is 0 Å². The smallest absolute Gasteiger partial charge is 0.0908 e. The third-order valence-corrected chi connectivity index (χ3v) is 3.96. The van der Waals surface area contributed by atoms with Gasteiger partial charge in [0.05, 0.1) is 5.60 Å². The number of aliphatic hydroxyl groups is 1. The van der Waals surface area contributed by atoms with Crippen LogP contribution in [0, 0.1) is 27.7 Å². The summed E-state index contributed by atoms with van der Waals surface area (Å²) >= 11 is 0. The summed E-state index contributed by atoms with van der Waals surface area (Å²) in [5.41, 5.74) is 6.31. The molecule has 1 unspecified atom stereocenters. The summed E-state index contributed by atoms with van der Waals surface area (Å²) in [5.74, 6) is 0. The largest absolute Gasteiger partial charge is 0.385 e. The molecule has 2 aromatic carbocycles. The highest BCUT2D eigenvalue weighted by Gasteiger charge is 2.24. The highest BCUT2D eigenvalue weighted by Crippen LogP contribution is 2.27. The van der Waals surface area contributed by atoms with E-state index in [0.717, 1.165) is 5.56 Å². The number of hydrogen-bond acceptors (Lipinski definition) is 1. The second kappa shape index (κ2) is 5.41. The van der Waals surface area contributed by atoms with Crippen molar-refractivity contribution in [2.75, 3.05) is 0 Å². The first-order valence-electron chi connectivity index (χ1n) is 7.15. The second-order valence-electron chi connectivity index (χ2n) is 6.25. The zero-order valence-electron chi connectivity index (χ0n) is 13.1. The van der Waals surface area contributed by atoms with Crippen LogP contribution in [0.15, 0.2) is 36.4 Å². The monoisotopic (exact) mass is 268 g/mol. The van der Waals surface area contributed by atoms with E-state index in [0.29, 0.717) is 6.42 Å². The summed E-state index contributed by atoms with van der Waals surface area (Å²) in [6, 6.07) is 12.7. The van der Waals surface area contributed by atoms with Gasteiger partial charge in [-0.25, -0.2) is 0 Å². The lowest BCUT2D eigenvalue weighted by Crippen LogP contribution is -2.24. The molecule has 0 saturated carbocycles. The van der Waals surface area contributed by atoms with Crippen molar-refractivity contribution in [2.45, 2.75) is 46.6 Å². The van der Waals surface area contributed by atoms with Crippen molar-refractivity contribution in [3.63, 3.8) is 0 Å². The zero-order valence-corrected chi connectivity index (χ0v) is 13.1. The van der Waals surface area contributed by atoms with E-state index >= 15 is 0 Å². The fourth-order valence-electron chi connectivity index (χ4n) is 2.75. The summed E-state index contributed by atoms with van der Waals surface area (Å²) in [4.78, 5) is 0. The quantitative estimate of drug-likeness (QED) is 0.876. The van der Waals surface area contributed by atoms with Crippen LogP contribution in [0.1, 0.15) is 40.3 Å². The third-order valence-electron chi connectivity index (χ3n) is 3.96. The van der Waals surface area contributed by atoms with Gasteiger partial charge in [0, 0.05) is 6.42 Å². The van der Waals surface area contributed by atoms with Crippen molar-refractivity contribution in [3.8, 4) is 0 Å². The van der Waals surface area contributed by atoms with Gasteiger partial charge in [-0.15, -0.1) is 0 Å². The molecule has 0 saturated heterocycles. The molecule has 20 heavy (non-hydrogen) atoms. The van der Waals surface area contributed by atoms with E-state index in [1.54, 1.807) is 0 Å². The molecule has 106 valence electrons. The Morgan fingerprint density at radius 3 is 2.00 bits per heavy atom. The van der Waals surface area contributed by atoms with Gasteiger partial charge in [-0.2, -0.15) is 0 Å². The summed E-state index contributed by atoms with van der Waals surface area (Å²) in [6.07, 6.45) is 0.637. The minimum Gasteiger partial charge on any atom is -0.385 e. The van der Waals surface area contributed by atoms with Crippen molar-refractivity contribution in [2.24, 2.45) is 0 Å². The molecule has 0 radical (unpaired) electrons. The fourth-order valence-corrected chi connectivity index (χ4v) is 2.75. The van der Waals surface area contributed by atoms with Gasteiger partial charge in [-0.3, -0.25) is 0 Å². The summed E-state index contributed by atoms with van der Waals surface area (Å²) in [5, 5.41) is 10.8. The Kier molecular flexibility index (Phi) is 4.01. The molecular weight excluding hydrogens is 244 g/mol. The van der Waals surface area contributed by atoms with Crippen molar-refractivity contribution in [1.29, 1.82) is 0 Å². The average Bonchev–Trinajstić information content (AvgIpc) is 2.30. The Hall–Kier alpha value is -1.60. The molecule has 0 fully saturated rings. The van der Waals surface area contributed by atoms with Gasteiger partial charge in [0.2, 0.25) is 0 Å². The summed E-state index contributed by atoms with van der Waals surface area (Å²) in [7, 11) is 0. The van der Waals surface area contributed by atoms with Crippen LogP contribution in [-0.2, 0) is 12.0 Å². The zero-order chi connectivity index (χ0) is 14.9. The number of rotatable bonds is 3. The van der Waals surface area contributed by atoms with Crippen molar-refractivity contribution in [1.82, 2.24) is 0 Å². The van der Waals surface area contributed by atoms with Gasteiger partial charge in [0.1, 0.15) is 0 Å². The van der Waals surface area contributed by atoms with Crippen LogP contribution in [0.3, 0.4) is 0 Å². The maximum Gasteiger partial charge on any atom is 0.0908 e. The molecule has 1 nitrogen and oxygen atoms in total. The van der Waals surface area contributed by atoms with E-state index in [2.05, 4.69) is 58.0 Å². The van der Waals surface area contributed by atoms with Crippen LogP contribution in [0.5, 0.6) is 0 Å². The molecule has 0 aliphatic rings. The summed E-state index contributed by atoms with van der Waals surface area (Å²) < 4.78 is 0. The molecule has 2 rings (SSSR count). The molecule has 2 aromatic rings. The molecule has 0 heterocycles. The standard InChI is InChI=1S/C19H24O/c1-13-8-14(2)10-17(9-13)12-19(5,20)18-7-6-15(3)16(4)11-18/h6-11,20H,12H2,1-5H3. The maximum atomic E-state index is 10.8. The van der Waals surface area contributed by atoms with Crippen LogP contribution < -0.4 is 0 Å². The highest BCUT2D eigenvalue weighted by atomic mass is 16.3. The molecule has 0 aromatic heterocycles. The van der Waals surface area contributed by atoms with E-state index in [1.165, 1.54) is 27.8 Å². The van der Waals surface area contributed by atoms with E-state index in [9.17, 15) is 5.11 Å². The van der Waals surface area contributed by atoms with E-state index in [-0.39, 0.29) is 0 Å². The van der Waals surface area contributed by atoms with Crippen LogP contribution in [0.4, 0.5) is 0 Å². The number of aryl methyl sites for hydroxylation is 4. The van der Waals surface area contributed by atoms with Crippen LogP contribution in [0.25, 0.3) is 0 Å². The fraction of sp³-hybridized carbons (Fsp3) is 0.368. The first kappa shape index (κ1) is 14.8. The number of hydrogen-bond donors (Lipinski definition) is 1. The van der Waals surface area contributed by atoms with Gasteiger partial charge < -0.3 is 5.11 Å². The van der Waals surface area contributed by atoms with Gasteiger partial charge in [0.15, 0.2) is 0 Å². The van der Waals surface area contributed by atoms with E-state index < -0.39 is 5.60 Å². The minimum absolute atomic E-state index is 0.637. The first-order valence-corrected chi connectivity index (χ1v) is 7.15. The molecule has 0 aliphatic heterocycles. The Morgan fingerprint density at radius 2 is 1.45 bits per heavy atom. The Morgan fingerprint density at radius 1 is 0.850 bits per heavy atom. The first-order chi connectivity index (χ1) is 9.28. The van der Waals surface area contributed by atoms with E-state index in [1.807, 2.05) is 13.0 Å². The van der Waals surface area contributed by atoms with Gasteiger partial charge in [-0.1, -0.05) is 47.5 Å². The van der Waals surface area contributed by atoms with Gasteiger partial charge in [-0.05, 0) is 56.9 Å². The predicted octanol–water partition coefficient (Wildman–Crippen LogP) is 4.37. The van der Waals surface area contributed by atoms with E-state index in [4.69, 9.17) is 0 Å². The Bertz CT molecular complexity index is 603. The lowest BCUT2D eigenvalue weighted by molar-refractivity contribution is 0.0575. The lowest BCUT2D eigenvalue weighted by atomic mass is 9.87. The molecule has 0 bridgehead atoms. The Balaban J connectivity index is 2.32. The van der Waals surface area contributed by atoms with Crippen LogP contribution >= 0.6 is 0 Å². The predicted molar refractivity (Wildman–Crippen MR) is 85.1 cm³/mol. The van der Waals surface area contributed by atoms with Crippen molar-refractivity contribution in [3.05, 3.63) is 69.8 Å². The van der Waals surface area contributed by atoms with Crippen molar-refractivity contribution < 1.29 is 5.11 Å². The molecule has 1 atom stereocenters. The second-order valence-corrected chi connectivity index (χ2v) is 6.25. The molecule has 0 aliphatic carbocycles. The molecule has 0 amide bonds. The number of benzene rings is 2.